The number of thiophene rings is 1. The lowest BCUT2D eigenvalue weighted by molar-refractivity contribution is 0.474. The zero-order valence-electron chi connectivity index (χ0n) is 6.98. The van der Waals surface area contributed by atoms with E-state index in [1.807, 2.05) is 12.1 Å². The van der Waals surface area contributed by atoms with E-state index < -0.39 is 0 Å². The second-order valence-corrected chi connectivity index (χ2v) is 3.59. The first-order valence-corrected chi connectivity index (χ1v) is 4.69. The van der Waals surface area contributed by atoms with Crippen LogP contribution in [0.3, 0.4) is 0 Å². The maximum atomic E-state index is 9.39. The molecule has 1 aromatic carbocycles. The van der Waals surface area contributed by atoms with Crippen LogP contribution in [0.2, 0.25) is 0 Å². The second kappa shape index (κ2) is 3.02. The number of nitriles is 2. The predicted octanol–water partition coefficient (Wildman–Crippen LogP) is 2.35. The number of nitrogens with zero attached hydrogens (tertiary/aromatic N) is 2. The van der Waals surface area contributed by atoms with Crippen LogP contribution in [0.25, 0.3) is 10.1 Å². The summed E-state index contributed by atoms with van der Waals surface area (Å²) in [6.45, 7) is 0. The molecule has 3 nitrogen and oxygen atoms in total. The maximum absolute atomic E-state index is 9.39. The average Bonchev–Trinajstić information content (AvgIpc) is 2.60. The molecule has 0 radical (unpaired) electrons. The van der Waals surface area contributed by atoms with Gasteiger partial charge in [0, 0.05) is 10.8 Å². The summed E-state index contributed by atoms with van der Waals surface area (Å²) in [7, 11) is 0. The van der Waals surface area contributed by atoms with E-state index in [2.05, 4.69) is 0 Å². The molecule has 0 spiro atoms. The molecule has 0 aliphatic carbocycles. The average molecular weight is 200 g/mol. The highest BCUT2D eigenvalue weighted by Crippen LogP contribution is 2.33. The van der Waals surface area contributed by atoms with E-state index in [1.165, 1.54) is 17.4 Å². The van der Waals surface area contributed by atoms with Crippen LogP contribution in [0.5, 0.6) is 5.75 Å². The summed E-state index contributed by atoms with van der Waals surface area (Å²) < 4.78 is 0.670. The summed E-state index contributed by atoms with van der Waals surface area (Å²) in [4.78, 5) is 0. The minimum absolute atomic E-state index is 0.0358. The molecule has 0 saturated carbocycles. The third kappa shape index (κ3) is 1.02. The Morgan fingerprint density at radius 2 is 2.00 bits per heavy atom. The van der Waals surface area contributed by atoms with E-state index in [0.29, 0.717) is 10.3 Å². The smallest absolute Gasteiger partial charge is 0.134 e. The van der Waals surface area contributed by atoms with Gasteiger partial charge in [0.05, 0.1) is 10.3 Å². The van der Waals surface area contributed by atoms with Crippen LogP contribution in [-0.4, -0.2) is 5.11 Å². The predicted molar refractivity (Wildman–Crippen MR) is 52.9 cm³/mol. The summed E-state index contributed by atoms with van der Waals surface area (Å²) in [5, 5.41) is 29.4. The van der Waals surface area contributed by atoms with Crippen molar-refractivity contribution >= 4 is 21.4 Å². The van der Waals surface area contributed by atoms with Gasteiger partial charge in [0.15, 0.2) is 0 Å². The summed E-state index contributed by atoms with van der Waals surface area (Å²) in [5.74, 6) is -0.0358. The zero-order chi connectivity index (χ0) is 10.1. The molecule has 0 fully saturated rings. The number of hydrogen-bond acceptors (Lipinski definition) is 4. The van der Waals surface area contributed by atoms with Gasteiger partial charge in [-0.05, 0) is 12.1 Å². The largest absolute Gasteiger partial charge is 0.507 e. The number of phenols is 1. The van der Waals surface area contributed by atoms with Crippen molar-refractivity contribution in [1.82, 2.24) is 0 Å². The van der Waals surface area contributed by atoms with Crippen LogP contribution >= 0.6 is 11.3 Å². The number of fused-ring (bicyclic) bond motifs is 1. The van der Waals surface area contributed by atoms with Crippen molar-refractivity contribution in [3.8, 4) is 17.9 Å². The quantitative estimate of drug-likeness (QED) is 0.709. The molecule has 66 valence electrons. The minimum atomic E-state index is -0.0358. The van der Waals surface area contributed by atoms with Crippen molar-refractivity contribution in [2.45, 2.75) is 0 Å². The normalized spacial score (nSPS) is 9.57. The van der Waals surface area contributed by atoms with E-state index >= 15 is 0 Å². The monoisotopic (exact) mass is 200 g/mol. The van der Waals surface area contributed by atoms with Crippen LogP contribution in [0.15, 0.2) is 17.5 Å². The van der Waals surface area contributed by atoms with Crippen LogP contribution in [-0.2, 0) is 0 Å². The molecule has 2 aromatic rings. The number of phenolic OH excluding ortho intramolecular Hbond substituents is 1. The molecule has 1 N–H and O–H groups in total. The summed E-state index contributed by atoms with van der Waals surface area (Å²) in [5.41, 5.74) is 0.788. The highest BCUT2D eigenvalue weighted by Gasteiger charge is 2.10. The van der Waals surface area contributed by atoms with Gasteiger partial charge in [0.1, 0.15) is 23.5 Å². The van der Waals surface area contributed by atoms with E-state index in [-0.39, 0.29) is 11.3 Å². The Morgan fingerprint density at radius 3 is 2.64 bits per heavy atom. The molecule has 0 unspecified atom stereocenters. The van der Waals surface area contributed by atoms with Crippen molar-refractivity contribution in [1.29, 1.82) is 10.5 Å². The first-order chi connectivity index (χ1) is 6.77. The molecule has 1 aromatic heterocycles. The van der Waals surface area contributed by atoms with Crippen molar-refractivity contribution in [3.63, 3.8) is 0 Å². The molecule has 2 rings (SSSR count). The molecule has 4 heteroatoms. The summed E-state index contributed by atoms with van der Waals surface area (Å²) in [6, 6.07) is 7.06. The fourth-order valence-corrected chi connectivity index (χ4v) is 2.27. The van der Waals surface area contributed by atoms with Crippen molar-refractivity contribution in [3.05, 3.63) is 28.6 Å². The molecule has 0 bridgehead atoms. The molecule has 14 heavy (non-hydrogen) atoms. The lowest BCUT2D eigenvalue weighted by Crippen LogP contribution is -1.77. The van der Waals surface area contributed by atoms with E-state index in [9.17, 15) is 5.11 Å². The standard InChI is InChI=1S/C10H4N2OS/c11-3-6-5-14-10-7(6)1-2-9(13)8(10)4-12/h1-2,5,13H. The Balaban J connectivity index is 2.94. The Hall–Kier alpha value is -2.04. The molecule has 0 aliphatic heterocycles. The first-order valence-electron chi connectivity index (χ1n) is 3.81. The van der Waals surface area contributed by atoms with E-state index in [1.54, 1.807) is 11.4 Å². The third-order valence-corrected chi connectivity index (χ3v) is 2.97. The van der Waals surface area contributed by atoms with E-state index in [0.717, 1.165) is 5.39 Å². The maximum Gasteiger partial charge on any atom is 0.134 e. The van der Waals surface area contributed by atoms with Gasteiger partial charge in [0.25, 0.3) is 0 Å². The highest BCUT2D eigenvalue weighted by molar-refractivity contribution is 7.17. The Kier molecular flexibility index (Phi) is 1.85. The number of benzene rings is 1. The fourth-order valence-electron chi connectivity index (χ4n) is 1.28. The summed E-state index contributed by atoms with van der Waals surface area (Å²) in [6.07, 6.45) is 0. The topological polar surface area (TPSA) is 67.8 Å². The van der Waals surface area contributed by atoms with Gasteiger partial charge in [-0.1, -0.05) is 0 Å². The van der Waals surface area contributed by atoms with Gasteiger partial charge < -0.3 is 5.11 Å². The third-order valence-electron chi connectivity index (χ3n) is 1.95. The van der Waals surface area contributed by atoms with Gasteiger partial charge in [-0.25, -0.2) is 0 Å². The second-order valence-electron chi connectivity index (χ2n) is 2.71. The molecule has 0 atom stereocenters. The van der Waals surface area contributed by atoms with Crippen LogP contribution < -0.4 is 0 Å². The van der Waals surface area contributed by atoms with Gasteiger partial charge in [-0.3, -0.25) is 0 Å². The molecular formula is C10H4N2OS. The number of aromatic hydroxyl groups is 1. The van der Waals surface area contributed by atoms with Crippen LogP contribution in [0.4, 0.5) is 0 Å². The van der Waals surface area contributed by atoms with Crippen molar-refractivity contribution in [2.24, 2.45) is 0 Å². The van der Waals surface area contributed by atoms with Crippen molar-refractivity contribution < 1.29 is 5.11 Å². The molecule has 0 aliphatic rings. The van der Waals surface area contributed by atoms with Gasteiger partial charge in [0.2, 0.25) is 0 Å². The Labute approximate surface area is 84.1 Å². The highest BCUT2D eigenvalue weighted by atomic mass is 32.1. The Bertz CT molecular complexity index is 586. The number of hydrogen-bond donors (Lipinski definition) is 1. The molecule has 0 amide bonds. The minimum Gasteiger partial charge on any atom is -0.507 e. The zero-order valence-corrected chi connectivity index (χ0v) is 7.80. The first kappa shape index (κ1) is 8.55. The molecular weight excluding hydrogens is 196 g/mol. The van der Waals surface area contributed by atoms with Crippen LogP contribution in [0.1, 0.15) is 11.1 Å². The lowest BCUT2D eigenvalue weighted by atomic mass is 10.1. The van der Waals surface area contributed by atoms with Gasteiger partial charge in [-0.2, -0.15) is 10.5 Å². The SMILES string of the molecule is N#Cc1csc2c(C#N)c(O)ccc12. The van der Waals surface area contributed by atoms with Crippen LogP contribution in [0, 0.1) is 22.7 Å². The lowest BCUT2D eigenvalue weighted by Gasteiger charge is -1.96. The molecule has 0 saturated heterocycles. The Morgan fingerprint density at radius 1 is 1.21 bits per heavy atom. The summed E-state index contributed by atoms with van der Waals surface area (Å²) >= 11 is 1.30. The number of rotatable bonds is 0. The van der Waals surface area contributed by atoms with E-state index in [4.69, 9.17) is 10.5 Å². The van der Waals surface area contributed by atoms with Crippen molar-refractivity contribution in [2.75, 3.05) is 0 Å². The molecule has 1 heterocycles. The fraction of sp³-hybridized carbons (Fsp3) is 0. The van der Waals surface area contributed by atoms with Gasteiger partial charge >= 0.3 is 0 Å². The van der Waals surface area contributed by atoms with Gasteiger partial charge in [-0.15, -0.1) is 11.3 Å².